The summed E-state index contributed by atoms with van der Waals surface area (Å²) in [5.74, 6) is 4.19. The van der Waals surface area contributed by atoms with Crippen LogP contribution in [0.1, 0.15) is 119 Å². The molecule has 0 heterocycles. The number of allylic oxidation sites excluding steroid dienone is 2. The summed E-state index contributed by atoms with van der Waals surface area (Å²) in [4.78, 5) is 0. The second kappa shape index (κ2) is 7.68. The van der Waals surface area contributed by atoms with Crippen molar-refractivity contribution in [1.82, 2.24) is 0 Å². The van der Waals surface area contributed by atoms with Gasteiger partial charge in [-0.2, -0.15) is 0 Å². The molecule has 4 rings (SSSR count). The zero-order valence-electron chi connectivity index (χ0n) is 20.3. The van der Waals surface area contributed by atoms with Gasteiger partial charge in [-0.3, -0.25) is 0 Å². The topological polar surface area (TPSA) is 20.2 Å². The summed E-state index contributed by atoms with van der Waals surface area (Å²) in [6.45, 7) is 14.6. The molecule has 0 spiro atoms. The van der Waals surface area contributed by atoms with Crippen molar-refractivity contribution < 1.29 is 5.11 Å². The molecular formula is C28H48O. The maximum atomic E-state index is 10.7. The molecule has 0 saturated heterocycles. The Kier molecular flexibility index (Phi) is 5.81. The van der Waals surface area contributed by atoms with Crippen LogP contribution in [0, 0.1) is 40.4 Å². The quantitative estimate of drug-likeness (QED) is 0.465. The lowest BCUT2D eigenvalue weighted by molar-refractivity contribution is -0.0853. The highest BCUT2D eigenvalue weighted by atomic mass is 16.3. The van der Waals surface area contributed by atoms with Gasteiger partial charge in [-0.05, 0) is 105 Å². The molecule has 0 aromatic rings. The molecule has 166 valence electrons. The maximum Gasteiger partial charge on any atom is 0.0622 e. The van der Waals surface area contributed by atoms with Crippen LogP contribution in [0.15, 0.2) is 11.1 Å². The predicted octanol–water partition coefficient (Wildman–Crippen LogP) is 7.92. The molecule has 4 aliphatic rings. The molecule has 0 aliphatic heterocycles. The van der Waals surface area contributed by atoms with Crippen molar-refractivity contribution in [2.24, 2.45) is 40.4 Å². The number of hydrogen-bond donors (Lipinski definition) is 1. The van der Waals surface area contributed by atoms with E-state index in [0.717, 1.165) is 42.4 Å². The molecule has 1 N–H and O–H groups in total. The first kappa shape index (κ1) is 21.9. The van der Waals surface area contributed by atoms with Gasteiger partial charge in [0.1, 0.15) is 0 Å². The van der Waals surface area contributed by atoms with E-state index >= 15 is 0 Å². The summed E-state index contributed by atoms with van der Waals surface area (Å²) in [5.41, 5.74) is 4.36. The van der Waals surface area contributed by atoms with E-state index in [1.807, 2.05) is 11.1 Å². The van der Waals surface area contributed by atoms with Crippen LogP contribution in [0.4, 0.5) is 0 Å². The molecule has 7 atom stereocenters. The SMILES string of the molecule is CC(C)CCC[C@@H](C)[C@H]1CCC2=C3CC[C@H]4C[C@@](C)(O)CC[C@]4(C)[C@H]3CC[C@@]21C. The van der Waals surface area contributed by atoms with Crippen molar-refractivity contribution in [2.75, 3.05) is 0 Å². The van der Waals surface area contributed by atoms with Gasteiger partial charge in [0.25, 0.3) is 0 Å². The van der Waals surface area contributed by atoms with Crippen molar-refractivity contribution >= 4 is 0 Å². The number of aliphatic hydroxyl groups is 1. The minimum Gasteiger partial charge on any atom is -0.390 e. The minimum atomic E-state index is -0.415. The summed E-state index contributed by atoms with van der Waals surface area (Å²) in [6.07, 6.45) is 15.9. The molecule has 0 aromatic heterocycles. The predicted molar refractivity (Wildman–Crippen MR) is 124 cm³/mol. The van der Waals surface area contributed by atoms with Crippen molar-refractivity contribution in [3.8, 4) is 0 Å². The van der Waals surface area contributed by atoms with E-state index in [1.54, 1.807) is 0 Å². The third-order valence-corrected chi connectivity index (χ3v) is 10.5. The second-order valence-corrected chi connectivity index (χ2v) is 12.9. The molecular weight excluding hydrogens is 352 g/mol. The van der Waals surface area contributed by atoms with Crippen LogP contribution < -0.4 is 0 Å². The van der Waals surface area contributed by atoms with Crippen LogP contribution in [-0.2, 0) is 0 Å². The fourth-order valence-electron chi connectivity index (χ4n) is 8.66. The van der Waals surface area contributed by atoms with E-state index in [1.165, 1.54) is 64.2 Å². The lowest BCUT2D eigenvalue weighted by atomic mass is 9.47. The van der Waals surface area contributed by atoms with Crippen LogP contribution in [0.2, 0.25) is 0 Å². The summed E-state index contributed by atoms with van der Waals surface area (Å²) in [5, 5.41) is 10.7. The molecule has 1 nitrogen and oxygen atoms in total. The van der Waals surface area contributed by atoms with Gasteiger partial charge in [0.15, 0.2) is 0 Å². The molecule has 3 saturated carbocycles. The Morgan fingerprint density at radius 1 is 0.931 bits per heavy atom. The molecule has 0 radical (unpaired) electrons. The third-order valence-electron chi connectivity index (χ3n) is 10.5. The fraction of sp³-hybridized carbons (Fsp3) is 0.929. The summed E-state index contributed by atoms with van der Waals surface area (Å²) in [6, 6.07) is 0. The molecule has 29 heavy (non-hydrogen) atoms. The van der Waals surface area contributed by atoms with Gasteiger partial charge in [0.2, 0.25) is 0 Å². The van der Waals surface area contributed by atoms with Crippen molar-refractivity contribution in [3.05, 3.63) is 11.1 Å². The van der Waals surface area contributed by atoms with Crippen LogP contribution in [-0.4, -0.2) is 10.7 Å². The van der Waals surface area contributed by atoms with E-state index in [4.69, 9.17) is 0 Å². The standard InChI is InChI=1S/C28H48O/c1-19(2)8-7-9-20(3)23-12-13-24-22-11-10-21-18-26(4,29)16-17-27(21,5)25(22)14-15-28(23,24)6/h19-21,23,25,29H,7-18H2,1-6H3/t20-,21+,23-,25+,26+,27+,28-/m1/s1. The van der Waals surface area contributed by atoms with Gasteiger partial charge in [0.05, 0.1) is 5.60 Å². The summed E-state index contributed by atoms with van der Waals surface area (Å²) in [7, 11) is 0. The first-order valence-electron chi connectivity index (χ1n) is 13.0. The normalized spacial score (nSPS) is 45.7. The Bertz CT molecular complexity index is 643. The maximum absolute atomic E-state index is 10.7. The number of hydrogen-bond acceptors (Lipinski definition) is 1. The van der Waals surface area contributed by atoms with Crippen molar-refractivity contribution in [3.63, 3.8) is 0 Å². The molecule has 4 aliphatic carbocycles. The Hall–Kier alpha value is -0.300. The number of fused-ring (bicyclic) bond motifs is 4. The van der Waals surface area contributed by atoms with E-state index in [9.17, 15) is 5.11 Å². The van der Waals surface area contributed by atoms with Crippen LogP contribution in [0.25, 0.3) is 0 Å². The van der Waals surface area contributed by atoms with E-state index in [2.05, 4.69) is 41.5 Å². The van der Waals surface area contributed by atoms with Gasteiger partial charge in [-0.1, -0.05) is 65.0 Å². The molecule has 0 unspecified atom stereocenters. The van der Waals surface area contributed by atoms with Crippen LogP contribution >= 0.6 is 0 Å². The van der Waals surface area contributed by atoms with E-state index < -0.39 is 5.60 Å². The Morgan fingerprint density at radius 2 is 1.69 bits per heavy atom. The number of rotatable bonds is 5. The van der Waals surface area contributed by atoms with E-state index in [-0.39, 0.29) is 0 Å². The lowest BCUT2D eigenvalue weighted by Gasteiger charge is -2.58. The average Bonchev–Trinajstić information content (AvgIpc) is 2.99. The summed E-state index contributed by atoms with van der Waals surface area (Å²) < 4.78 is 0. The molecule has 1 heteroatoms. The first-order chi connectivity index (χ1) is 13.6. The Balaban J connectivity index is 1.54. The van der Waals surface area contributed by atoms with Crippen LogP contribution in [0.5, 0.6) is 0 Å². The van der Waals surface area contributed by atoms with Crippen LogP contribution in [0.3, 0.4) is 0 Å². The zero-order valence-corrected chi connectivity index (χ0v) is 20.3. The molecule has 3 fully saturated rings. The third kappa shape index (κ3) is 3.77. The summed E-state index contributed by atoms with van der Waals surface area (Å²) >= 11 is 0. The van der Waals surface area contributed by atoms with Crippen molar-refractivity contribution in [2.45, 2.75) is 124 Å². The highest BCUT2D eigenvalue weighted by Gasteiger charge is 2.56. The van der Waals surface area contributed by atoms with Crippen molar-refractivity contribution in [1.29, 1.82) is 0 Å². The minimum absolute atomic E-state index is 0.415. The smallest absolute Gasteiger partial charge is 0.0622 e. The largest absolute Gasteiger partial charge is 0.390 e. The van der Waals surface area contributed by atoms with E-state index in [0.29, 0.717) is 10.8 Å². The van der Waals surface area contributed by atoms with Gasteiger partial charge >= 0.3 is 0 Å². The molecule has 0 aromatic carbocycles. The lowest BCUT2D eigenvalue weighted by Crippen LogP contribution is -2.50. The molecule has 0 amide bonds. The Labute approximate surface area is 181 Å². The monoisotopic (exact) mass is 400 g/mol. The molecule has 0 bridgehead atoms. The average molecular weight is 401 g/mol. The fourth-order valence-corrected chi connectivity index (χ4v) is 8.66. The first-order valence-corrected chi connectivity index (χ1v) is 13.0. The van der Waals surface area contributed by atoms with Gasteiger partial charge < -0.3 is 5.11 Å². The zero-order chi connectivity index (χ0) is 21.0. The highest BCUT2D eigenvalue weighted by Crippen LogP contribution is 2.66. The van der Waals surface area contributed by atoms with Gasteiger partial charge in [-0.25, -0.2) is 0 Å². The Morgan fingerprint density at radius 3 is 2.41 bits per heavy atom. The van der Waals surface area contributed by atoms with Gasteiger partial charge in [0, 0.05) is 0 Å². The second-order valence-electron chi connectivity index (χ2n) is 12.9. The van der Waals surface area contributed by atoms with Gasteiger partial charge in [-0.15, -0.1) is 0 Å². The highest BCUT2D eigenvalue weighted by molar-refractivity contribution is 5.34.